The Hall–Kier alpha value is -0.160. The Balaban J connectivity index is 4.53. The standard InChI is InChI=1S/C7H18N2O2/c1-4(8)7(9,5(2)10)6(3)11/h4-6,10-11H,8-9H2,1-3H3. The zero-order valence-corrected chi connectivity index (χ0v) is 7.28. The van der Waals surface area contributed by atoms with Crippen molar-refractivity contribution in [1.29, 1.82) is 0 Å². The minimum atomic E-state index is -1.11. The van der Waals surface area contributed by atoms with Gasteiger partial charge in [-0.1, -0.05) is 0 Å². The lowest BCUT2D eigenvalue weighted by molar-refractivity contribution is -0.00387. The van der Waals surface area contributed by atoms with Crippen LogP contribution < -0.4 is 11.5 Å². The second-order valence-electron chi connectivity index (χ2n) is 3.14. The Labute approximate surface area is 67.2 Å². The zero-order chi connectivity index (χ0) is 9.23. The van der Waals surface area contributed by atoms with Crippen LogP contribution in [-0.4, -0.2) is 34.0 Å². The molecule has 0 rings (SSSR count). The Morgan fingerprint density at radius 3 is 1.36 bits per heavy atom. The molecule has 0 fully saturated rings. The van der Waals surface area contributed by atoms with Gasteiger partial charge in [0.25, 0.3) is 0 Å². The van der Waals surface area contributed by atoms with E-state index in [1.807, 2.05) is 0 Å². The van der Waals surface area contributed by atoms with E-state index in [-0.39, 0.29) is 0 Å². The van der Waals surface area contributed by atoms with Gasteiger partial charge in [0.1, 0.15) is 0 Å². The molecule has 0 spiro atoms. The number of aliphatic hydroxyl groups is 2. The van der Waals surface area contributed by atoms with Gasteiger partial charge in [0, 0.05) is 6.04 Å². The van der Waals surface area contributed by atoms with E-state index in [0.717, 1.165) is 0 Å². The fraction of sp³-hybridized carbons (Fsp3) is 1.00. The summed E-state index contributed by atoms with van der Waals surface area (Å²) in [6.07, 6.45) is -1.63. The van der Waals surface area contributed by atoms with Crippen molar-refractivity contribution in [3.8, 4) is 0 Å². The molecule has 6 N–H and O–H groups in total. The van der Waals surface area contributed by atoms with Crippen LogP contribution in [0.25, 0.3) is 0 Å². The Bertz CT molecular complexity index is 102. The summed E-state index contributed by atoms with van der Waals surface area (Å²) in [6.45, 7) is 4.71. The molecule has 0 aliphatic heterocycles. The summed E-state index contributed by atoms with van der Waals surface area (Å²) in [5.41, 5.74) is 10.1. The third kappa shape index (κ3) is 1.90. The summed E-state index contributed by atoms with van der Waals surface area (Å²) in [5.74, 6) is 0. The van der Waals surface area contributed by atoms with Gasteiger partial charge in [-0.05, 0) is 20.8 Å². The molecular weight excluding hydrogens is 144 g/mol. The van der Waals surface area contributed by atoms with Crippen molar-refractivity contribution < 1.29 is 10.2 Å². The fourth-order valence-corrected chi connectivity index (χ4v) is 1.11. The lowest BCUT2D eigenvalue weighted by Gasteiger charge is -2.38. The van der Waals surface area contributed by atoms with E-state index in [2.05, 4.69) is 0 Å². The van der Waals surface area contributed by atoms with Crippen LogP contribution in [0.2, 0.25) is 0 Å². The molecule has 0 aliphatic rings. The molecule has 3 atom stereocenters. The first-order chi connectivity index (χ1) is 4.83. The average molecular weight is 162 g/mol. The maximum atomic E-state index is 9.25. The first-order valence-electron chi connectivity index (χ1n) is 3.74. The monoisotopic (exact) mass is 162 g/mol. The van der Waals surface area contributed by atoms with Crippen molar-refractivity contribution in [2.24, 2.45) is 11.5 Å². The van der Waals surface area contributed by atoms with Gasteiger partial charge in [-0.15, -0.1) is 0 Å². The van der Waals surface area contributed by atoms with Crippen LogP contribution in [0.5, 0.6) is 0 Å². The quantitative estimate of drug-likeness (QED) is 0.419. The SMILES string of the molecule is CC(N)C(N)(C(C)O)C(C)O. The molecule has 4 nitrogen and oxygen atoms in total. The number of nitrogens with two attached hydrogens (primary N) is 2. The normalized spacial score (nSPS) is 25.4. The summed E-state index contributed by atoms with van der Waals surface area (Å²) >= 11 is 0. The van der Waals surface area contributed by atoms with Gasteiger partial charge in [0.15, 0.2) is 0 Å². The molecular formula is C7H18N2O2. The van der Waals surface area contributed by atoms with Crippen LogP contribution in [0.15, 0.2) is 0 Å². The van der Waals surface area contributed by atoms with E-state index in [0.29, 0.717) is 0 Å². The lowest BCUT2D eigenvalue weighted by atomic mass is 9.83. The third-order valence-corrected chi connectivity index (χ3v) is 2.24. The minimum Gasteiger partial charge on any atom is -0.391 e. The molecule has 0 heterocycles. The highest BCUT2D eigenvalue weighted by Gasteiger charge is 2.39. The summed E-state index contributed by atoms with van der Waals surface area (Å²) in [4.78, 5) is 0. The Morgan fingerprint density at radius 1 is 1.09 bits per heavy atom. The second-order valence-corrected chi connectivity index (χ2v) is 3.14. The topological polar surface area (TPSA) is 92.5 Å². The van der Waals surface area contributed by atoms with E-state index < -0.39 is 23.8 Å². The molecule has 0 aromatic heterocycles. The number of rotatable bonds is 3. The van der Waals surface area contributed by atoms with E-state index in [4.69, 9.17) is 11.5 Å². The maximum Gasteiger partial charge on any atom is 0.0824 e. The first-order valence-corrected chi connectivity index (χ1v) is 3.74. The van der Waals surface area contributed by atoms with Gasteiger partial charge in [-0.2, -0.15) is 0 Å². The van der Waals surface area contributed by atoms with E-state index in [1.54, 1.807) is 6.92 Å². The molecule has 0 saturated heterocycles. The van der Waals surface area contributed by atoms with E-state index >= 15 is 0 Å². The average Bonchev–Trinajstić information content (AvgIpc) is 1.84. The van der Waals surface area contributed by atoms with Gasteiger partial charge < -0.3 is 21.7 Å². The van der Waals surface area contributed by atoms with E-state index in [9.17, 15) is 10.2 Å². The van der Waals surface area contributed by atoms with Crippen LogP contribution >= 0.6 is 0 Å². The first kappa shape index (κ1) is 10.8. The van der Waals surface area contributed by atoms with Gasteiger partial charge in [0.05, 0.1) is 17.7 Å². The highest BCUT2D eigenvalue weighted by atomic mass is 16.3. The van der Waals surface area contributed by atoms with Crippen molar-refractivity contribution in [3.05, 3.63) is 0 Å². The molecule has 0 aromatic carbocycles. The predicted molar refractivity (Wildman–Crippen MR) is 43.9 cm³/mol. The van der Waals surface area contributed by atoms with Crippen molar-refractivity contribution >= 4 is 0 Å². The van der Waals surface area contributed by atoms with Gasteiger partial charge in [0.2, 0.25) is 0 Å². The lowest BCUT2D eigenvalue weighted by Crippen LogP contribution is -2.67. The van der Waals surface area contributed by atoms with Crippen LogP contribution in [0, 0.1) is 0 Å². The van der Waals surface area contributed by atoms with Gasteiger partial charge >= 0.3 is 0 Å². The molecule has 0 aromatic rings. The zero-order valence-electron chi connectivity index (χ0n) is 7.28. The molecule has 0 aliphatic carbocycles. The summed E-state index contributed by atoms with van der Waals surface area (Å²) in [6, 6.07) is -0.442. The third-order valence-electron chi connectivity index (χ3n) is 2.24. The number of hydrogen-bond donors (Lipinski definition) is 4. The highest BCUT2D eigenvalue weighted by molar-refractivity contribution is 5.00. The number of aliphatic hydroxyl groups excluding tert-OH is 2. The molecule has 0 saturated carbocycles. The number of hydrogen-bond acceptors (Lipinski definition) is 4. The van der Waals surface area contributed by atoms with Crippen molar-refractivity contribution in [2.45, 2.75) is 44.6 Å². The maximum absolute atomic E-state index is 9.25. The van der Waals surface area contributed by atoms with Gasteiger partial charge in [-0.25, -0.2) is 0 Å². The van der Waals surface area contributed by atoms with Crippen LogP contribution in [-0.2, 0) is 0 Å². The van der Waals surface area contributed by atoms with E-state index in [1.165, 1.54) is 13.8 Å². The summed E-state index contributed by atoms with van der Waals surface area (Å²) in [5, 5.41) is 18.5. The van der Waals surface area contributed by atoms with Crippen LogP contribution in [0.4, 0.5) is 0 Å². The Kier molecular flexibility index (Phi) is 3.44. The highest BCUT2D eigenvalue weighted by Crippen LogP contribution is 2.15. The molecule has 0 radical (unpaired) electrons. The smallest absolute Gasteiger partial charge is 0.0824 e. The largest absolute Gasteiger partial charge is 0.391 e. The van der Waals surface area contributed by atoms with Crippen molar-refractivity contribution in [1.82, 2.24) is 0 Å². The molecule has 68 valence electrons. The summed E-state index contributed by atoms with van der Waals surface area (Å²) in [7, 11) is 0. The molecule has 3 unspecified atom stereocenters. The molecule has 0 bridgehead atoms. The minimum absolute atomic E-state index is 0.442. The summed E-state index contributed by atoms with van der Waals surface area (Å²) < 4.78 is 0. The van der Waals surface area contributed by atoms with Crippen LogP contribution in [0.3, 0.4) is 0 Å². The predicted octanol–water partition coefficient (Wildman–Crippen LogP) is -1.21. The fourth-order valence-electron chi connectivity index (χ4n) is 1.11. The Morgan fingerprint density at radius 2 is 1.36 bits per heavy atom. The molecule has 0 amide bonds. The van der Waals surface area contributed by atoms with Crippen molar-refractivity contribution in [3.63, 3.8) is 0 Å². The molecule has 11 heavy (non-hydrogen) atoms. The molecule has 4 heteroatoms. The van der Waals surface area contributed by atoms with Crippen LogP contribution in [0.1, 0.15) is 20.8 Å². The second kappa shape index (κ2) is 3.49. The van der Waals surface area contributed by atoms with Gasteiger partial charge in [-0.3, -0.25) is 0 Å². The van der Waals surface area contributed by atoms with Crippen molar-refractivity contribution in [2.75, 3.05) is 0 Å².